The van der Waals surface area contributed by atoms with E-state index in [1.807, 2.05) is 42.5 Å². The number of carbonyl (C=O) groups is 1. The molecule has 1 heterocycles. The van der Waals surface area contributed by atoms with E-state index in [2.05, 4.69) is 4.90 Å². The number of rotatable bonds is 6. The van der Waals surface area contributed by atoms with E-state index in [9.17, 15) is 18.3 Å². The minimum absolute atomic E-state index is 0.194. The van der Waals surface area contributed by atoms with Crippen LogP contribution >= 0.6 is 0 Å². The summed E-state index contributed by atoms with van der Waals surface area (Å²) < 4.78 is 25.9. The second kappa shape index (κ2) is 9.11. The number of phenols is 1. The lowest BCUT2D eigenvalue weighted by Gasteiger charge is -2.36. The Balaban J connectivity index is 1.53. The van der Waals surface area contributed by atoms with Crippen molar-refractivity contribution in [2.24, 2.45) is 0 Å². The van der Waals surface area contributed by atoms with Crippen LogP contribution in [0.15, 0.2) is 60.0 Å². The van der Waals surface area contributed by atoms with Crippen molar-refractivity contribution in [1.29, 1.82) is 0 Å². The van der Waals surface area contributed by atoms with E-state index in [0.717, 1.165) is 21.0 Å². The van der Waals surface area contributed by atoms with Gasteiger partial charge in [-0.05, 0) is 35.9 Å². The second-order valence-corrected chi connectivity index (χ2v) is 8.82. The number of phenolic OH excluding ortho intramolecular Hbond substituents is 1. The fourth-order valence-electron chi connectivity index (χ4n) is 3.09. The first-order chi connectivity index (χ1) is 13.8. The molecule has 0 aromatic heterocycles. The zero-order valence-corrected chi connectivity index (χ0v) is 17.1. The predicted molar refractivity (Wildman–Crippen MR) is 114 cm³/mol. The highest BCUT2D eigenvalue weighted by atomic mass is 32.2. The summed E-state index contributed by atoms with van der Waals surface area (Å²) in [7, 11) is -2.27. The van der Waals surface area contributed by atoms with Crippen molar-refractivity contribution in [1.82, 2.24) is 9.21 Å². The van der Waals surface area contributed by atoms with Crippen LogP contribution < -0.4 is 4.90 Å². The summed E-state index contributed by atoms with van der Waals surface area (Å²) >= 11 is 0. The molecule has 0 atom stereocenters. The summed E-state index contributed by atoms with van der Waals surface area (Å²) in [6, 6.07) is 16.1. The van der Waals surface area contributed by atoms with Crippen LogP contribution in [0.1, 0.15) is 5.56 Å². The number of hydrogen-bond acceptors (Lipinski definition) is 5. The SMILES string of the molecule is CN(CC(=O)N1CCN(c2ccc(O)cc2)CC1)S(=O)(=O)C=Cc1ccccc1. The van der Waals surface area contributed by atoms with Gasteiger partial charge in [-0.25, -0.2) is 8.42 Å². The molecule has 7 nitrogen and oxygen atoms in total. The maximum atomic E-state index is 12.6. The molecule has 1 aliphatic heterocycles. The van der Waals surface area contributed by atoms with Crippen molar-refractivity contribution in [2.45, 2.75) is 0 Å². The van der Waals surface area contributed by atoms with Crippen molar-refractivity contribution in [2.75, 3.05) is 44.7 Å². The molecule has 1 fully saturated rings. The Hall–Kier alpha value is -2.84. The van der Waals surface area contributed by atoms with Gasteiger partial charge in [-0.2, -0.15) is 4.31 Å². The summed E-state index contributed by atoms with van der Waals surface area (Å²) in [6.45, 7) is 2.16. The van der Waals surface area contributed by atoms with Crippen LogP contribution in [-0.2, 0) is 14.8 Å². The van der Waals surface area contributed by atoms with E-state index in [1.54, 1.807) is 17.0 Å². The van der Waals surface area contributed by atoms with Crippen LogP contribution in [0, 0.1) is 0 Å². The summed E-state index contributed by atoms with van der Waals surface area (Å²) in [5.41, 5.74) is 1.77. The number of amides is 1. The molecule has 3 rings (SSSR count). The number of sulfonamides is 1. The third-order valence-corrected chi connectivity index (χ3v) is 6.35. The maximum absolute atomic E-state index is 12.6. The van der Waals surface area contributed by atoms with Crippen molar-refractivity contribution < 1.29 is 18.3 Å². The Morgan fingerprint density at radius 2 is 1.66 bits per heavy atom. The number of hydrogen-bond donors (Lipinski definition) is 1. The van der Waals surface area contributed by atoms with Gasteiger partial charge in [0.15, 0.2) is 0 Å². The van der Waals surface area contributed by atoms with Crippen LogP contribution in [0.4, 0.5) is 5.69 Å². The van der Waals surface area contributed by atoms with E-state index in [-0.39, 0.29) is 18.2 Å². The predicted octanol–water partition coefficient (Wildman–Crippen LogP) is 1.97. The first-order valence-corrected chi connectivity index (χ1v) is 10.9. The zero-order valence-electron chi connectivity index (χ0n) is 16.3. The van der Waals surface area contributed by atoms with Crippen molar-refractivity contribution >= 4 is 27.7 Å². The Kier molecular flexibility index (Phi) is 6.56. The molecule has 154 valence electrons. The molecule has 0 spiro atoms. The Bertz CT molecular complexity index is 951. The van der Waals surface area contributed by atoms with Crippen LogP contribution in [-0.4, -0.2) is 68.4 Å². The molecule has 0 aliphatic carbocycles. The lowest BCUT2D eigenvalue weighted by Crippen LogP contribution is -2.51. The minimum atomic E-state index is -3.68. The van der Waals surface area contributed by atoms with Crippen molar-refractivity contribution in [3.63, 3.8) is 0 Å². The van der Waals surface area contributed by atoms with E-state index < -0.39 is 10.0 Å². The monoisotopic (exact) mass is 415 g/mol. The average molecular weight is 416 g/mol. The summed E-state index contributed by atoms with van der Waals surface area (Å²) in [4.78, 5) is 16.4. The Morgan fingerprint density at radius 1 is 1.03 bits per heavy atom. The Labute approximate surface area is 171 Å². The lowest BCUT2D eigenvalue weighted by molar-refractivity contribution is -0.131. The fraction of sp³-hybridized carbons (Fsp3) is 0.286. The van der Waals surface area contributed by atoms with Crippen molar-refractivity contribution in [3.05, 3.63) is 65.6 Å². The van der Waals surface area contributed by atoms with Crippen LogP contribution in [0.25, 0.3) is 6.08 Å². The second-order valence-electron chi connectivity index (χ2n) is 6.90. The molecule has 1 N–H and O–H groups in total. The standard InChI is InChI=1S/C21H25N3O4S/c1-22(29(27,28)16-11-18-5-3-2-4-6-18)17-21(26)24-14-12-23(13-15-24)19-7-9-20(25)10-8-19/h2-11,16,25H,12-15,17H2,1H3. The van der Waals surface area contributed by atoms with Gasteiger partial charge >= 0.3 is 0 Å². The summed E-state index contributed by atoms with van der Waals surface area (Å²) in [5.74, 6) is 0.00247. The largest absolute Gasteiger partial charge is 0.508 e. The third-order valence-electron chi connectivity index (χ3n) is 4.87. The topological polar surface area (TPSA) is 81.2 Å². The van der Waals surface area contributed by atoms with E-state index in [4.69, 9.17) is 0 Å². The number of nitrogens with zero attached hydrogens (tertiary/aromatic N) is 3. The molecule has 29 heavy (non-hydrogen) atoms. The van der Waals surface area contributed by atoms with Gasteiger partial charge in [0.1, 0.15) is 5.75 Å². The van der Waals surface area contributed by atoms with Gasteiger partial charge in [0.05, 0.1) is 6.54 Å². The van der Waals surface area contributed by atoms with Crippen molar-refractivity contribution in [3.8, 4) is 5.75 Å². The van der Waals surface area contributed by atoms with Gasteiger partial charge in [-0.15, -0.1) is 0 Å². The number of carbonyl (C=O) groups excluding carboxylic acids is 1. The van der Waals surface area contributed by atoms with Gasteiger partial charge in [0.25, 0.3) is 0 Å². The van der Waals surface area contributed by atoms with Crippen LogP contribution in [0.2, 0.25) is 0 Å². The molecule has 0 unspecified atom stereocenters. The van der Waals surface area contributed by atoms with Gasteiger partial charge in [0.2, 0.25) is 15.9 Å². The summed E-state index contributed by atoms with van der Waals surface area (Å²) in [6.07, 6.45) is 1.52. The molecular formula is C21H25N3O4S. The maximum Gasteiger partial charge on any atom is 0.238 e. The van der Waals surface area contributed by atoms with Gasteiger partial charge in [-0.3, -0.25) is 4.79 Å². The highest BCUT2D eigenvalue weighted by molar-refractivity contribution is 7.92. The normalized spacial score (nSPS) is 15.2. The molecule has 2 aromatic carbocycles. The molecule has 0 saturated carbocycles. The van der Waals surface area contributed by atoms with Crippen LogP contribution in [0.3, 0.4) is 0 Å². The number of benzene rings is 2. The third kappa shape index (κ3) is 5.58. The first kappa shape index (κ1) is 20.9. The van der Waals surface area contributed by atoms with Crippen LogP contribution in [0.5, 0.6) is 5.75 Å². The lowest BCUT2D eigenvalue weighted by atomic mass is 10.2. The Morgan fingerprint density at radius 3 is 2.28 bits per heavy atom. The van der Waals surface area contributed by atoms with E-state index in [0.29, 0.717) is 26.2 Å². The zero-order chi connectivity index (χ0) is 20.9. The summed E-state index contributed by atoms with van der Waals surface area (Å²) in [5, 5.41) is 10.5. The molecule has 1 saturated heterocycles. The highest BCUT2D eigenvalue weighted by Crippen LogP contribution is 2.20. The minimum Gasteiger partial charge on any atom is -0.508 e. The average Bonchev–Trinajstić information content (AvgIpc) is 2.74. The molecule has 1 aliphatic rings. The first-order valence-electron chi connectivity index (χ1n) is 9.36. The number of aromatic hydroxyl groups is 1. The quantitative estimate of drug-likeness (QED) is 0.780. The molecule has 2 aromatic rings. The molecule has 0 bridgehead atoms. The van der Waals surface area contributed by atoms with E-state index >= 15 is 0 Å². The molecule has 0 radical (unpaired) electrons. The van der Waals surface area contributed by atoms with Gasteiger partial charge < -0.3 is 14.9 Å². The van der Waals surface area contributed by atoms with Gasteiger partial charge in [-0.1, -0.05) is 30.3 Å². The number of piperazine rings is 1. The molecule has 8 heteroatoms. The fourth-order valence-corrected chi connectivity index (χ4v) is 3.92. The number of anilines is 1. The van der Waals surface area contributed by atoms with Gasteiger partial charge in [0, 0.05) is 44.3 Å². The molecule has 1 amide bonds. The smallest absolute Gasteiger partial charge is 0.238 e. The van der Waals surface area contributed by atoms with E-state index in [1.165, 1.54) is 13.1 Å². The number of likely N-dealkylation sites (N-methyl/N-ethyl adjacent to an activating group) is 1. The highest BCUT2D eigenvalue weighted by Gasteiger charge is 2.25. The molecular weight excluding hydrogens is 390 g/mol.